The number of rotatable bonds is 10. The molecule has 0 bridgehead atoms. The van der Waals surface area contributed by atoms with Crippen molar-refractivity contribution >= 4 is 17.6 Å². The van der Waals surface area contributed by atoms with Crippen LogP contribution < -0.4 is 15.8 Å². The highest BCUT2D eigenvalue weighted by molar-refractivity contribution is 5.80. The zero-order valence-electron chi connectivity index (χ0n) is 20.7. The van der Waals surface area contributed by atoms with Crippen LogP contribution >= 0.6 is 0 Å². The minimum absolute atomic E-state index is 0.0469. The van der Waals surface area contributed by atoms with Gasteiger partial charge in [-0.15, -0.1) is 0 Å². The van der Waals surface area contributed by atoms with Crippen LogP contribution in [0, 0.1) is 17.2 Å². The Bertz CT molecular complexity index is 950. The third-order valence-electron chi connectivity index (χ3n) is 6.10. The van der Waals surface area contributed by atoms with Gasteiger partial charge < -0.3 is 24.0 Å². The van der Waals surface area contributed by atoms with E-state index in [9.17, 15) is 22.8 Å². The molecule has 4 atom stereocenters. The minimum atomic E-state index is -4.77. The van der Waals surface area contributed by atoms with Gasteiger partial charge in [-0.3, -0.25) is 15.0 Å². The Morgan fingerprint density at radius 2 is 2.00 bits per heavy atom. The van der Waals surface area contributed by atoms with Crippen LogP contribution in [0.4, 0.5) is 19.0 Å². The number of hydrogen-bond donors (Lipinski definition) is 2. The third-order valence-corrected chi connectivity index (χ3v) is 6.10. The van der Waals surface area contributed by atoms with E-state index in [1.165, 1.54) is 13.3 Å². The first-order valence-electron chi connectivity index (χ1n) is 11.9. The number of hydrogen-bond acceptors (Lipinski definition) is 9. The summed E-state index contributed by atoms with van der Waals surface area (Å²) in [4.78, 5) is 32.6. The van der Waals surface area contributed by atoms with Crippen LogP contribution in [0.2, 0.25) is 0 Å². The lowest BCUT2D eigenvalue weighted by molar-refractivity contribution is -0.223. The number of methoxy groups -OCH3 is 1. The molecule has 1 aromatic rings. The van der Waals surface area contributed by atoms with E-state index in [1.807, 2.05) is 16.4 Å². The van der Waals surface area contributed by atoms with Crippen molar-refractivity contribution in [1.29, 1.82) is 5.26 Å². The summed E-state index contributed by atoms with van der Waals surface area (Å²) in [6.07, 6.45) is -6.00. The third kappa shape index (κ3) is 8.00. The average Bonchev–Trinajstić information content (AvgIpc) is 2.87. The first kappa shape index (κ1) is 28.6. The van der Waals surface area contributed by atoms with Crippen LogP contribution in [0.25, 0.3) is 0 Å². The number of nitrogens with zero attached hydrogens (tertiary/aromatic N) is 4. The van der Waals surface area contributed by atoms with Gasteiger partial charge in [-0.1, -0.05) is 0 Å². The van der Waals surface area contributed by atoms with E-state index in [-0.39, 0.29) is 32.1 Å². The Morgan fingerprint density at radius 3 is 2.59 bits per heavy atom. The van der Waals surface area contributed by atoms with Gasteiger partial charge in [-0.25, -0.2) is 10.4 Å². The molecule has 0 radical (unpaired) electrons. The van der Waals surface area contributed by atoms with Crippen molar-refractivity contribution in [3.8, 4) is 6.07 Å². The van der Waals surface area contributed by atoms with Crippen molar-refractivity contribution in [1.82, 2.24) is 20.7 Å². The number of hydrazine groups is 1. The maximum Gasteiger partial charge on any atom is 0.403 e. The Kier molecular flexibility index (Phi) is 10.0. The predicted octanol–water partition coefficient (Wildman–Crippen LogP) is 0.610. The molecule has 11 nitrogen and oxygen atoms in total. The zero-order chi connectivity index (χ0) is 27.0. The van der Waals surface area contributed by atoms with Gasteiger partial charge in [-0.2, -0.15) is 18.4 Å². The van der Waals surface area contributed by atoms with Crippen LogP contribution in [-0.4, -0.2) is 99.2 Å². The van der Waals surface area contributed by atoms with E-state index in [1.54, 1.807) is 24.0 Å². The molecule has 0 aromatic carbocycles. The summed E-state index contributed by atoms with van der Waals surface area (Å²) >= 11 is 0. The van der Waals surface area contributed by atoms with Gasteiger partial charge in [0.2, 0.25) is 11.8 Å². The van der Waals surface area contributed by atoms with Gasteiger partial charge in [0, 0.05) is 46.0 Å². The van der Waals surface area contributed by atoms with Crippen molar-refractivity contribution in [2.75, 3.05) is 57.9 Å². The van der Waals surface area contributed by atoms with E-state index >= 15 is 0 Å². The molecule has 0 spiro atoms. The molecule has 204 valence electrons. The number of halogens is 3. The maximum absolute atomic E-state index is 13.4. The van der Waals surface area contributed by atoms with Crippen LogP contribution in [0.3, 0.4) is 0 Å². The number of piperazine rings is 1. The summed E-state index contributed by atoms with van der Waals surface area (Å²) in [5, 5.41) is 8.90. The van der Waals surface area contributed by atoms with E-state index in [4.69, 9.17) is 19.5 Å². The number of aromatic nitrogens is 1. The summed E-state index contributed by atoms with van der Waals surface area (Å²) < 4.78 is 56.5. The Hall–Kier alpha value is -2.99. The summed E-state index contributed by atoms with van der Waals surface area (Å²) in [5.41, 5.74) is 4.86. The van der Waals surface area contributed by atoms with Gasteiger partial charge in [-0.05, 0) is 19.1 Å². The molecule has 0 aliphatic carbocycles. The van der Waals surface area contributed by atoms with Crippen LogP contribution in [0.1, 0.15) is 18.9 Å². The number of pyridine rings is 1. The number of ether oxygens (including phenoxy) is 3. The number of carbonyl (C=O) groups is 2. The molecular weight excluding hydrogens is 497 g/mol. The highest BCUT2D eigenvalue weighted by atomic mass is 19.4. The molecule has 1 aromatic heterocycles. The number of amides is 2. The fourth-order valence-corrected chi connectivity index (χ4v) is 4.18. The van der Waals surface area contributed by atoms with E-state index < -0.39 is 36.3 Å². The zero-order valence-corrected chi connectivity index (χ0v) is 20.7. The smallest absolute Gasteiger partial charge is 0.382 e. The van der Waals surface area contributed by atoms with E-state index in [0.717, 1.165) is 5.82 Å². The van der Waals surface area contributed by atoms with Crippen molar-refractivity contribution in [3.63, 3.8) is 0 Å². The highest BCUT2D eigenvalue weighted by Gasteiger charge is 2.52. The molecule has 2 amide bonds. The lowest BCUT2D eigenvalue weighted by Gasteiger charge is -2.36. The largest absolute Gasteiger partial charge is 0.403 e. The van der Waals surface area contributed by atoms with Gasteiger partial charge in [0.25, 0.3) is 0 Å². The van der Waals surface area contributed by atoms with Crippen LogP contribution in [0.15, 0.2) is 18.3 Å². The lowest BCUT2D eigenvalue weighted by atomic mass is 9.99. The molecule has 2 N–H and O–H groups in total. The molecule has 0 saturated carbocycles. The summed E-state index contributed by atoms with van der Waals surface area (Å²) in [7, 11) is 1.38. The molecule has 2 fully saturated rings. The molecule has 2 unspecified atom stereocenters. The number of anilines is 1. The summed E-state index contributed by atoms with van der Waals surface area (Å²) in [6.45, 7) is 3.50. The second kappa shape index (κ2) is 13.0. The summed E-state index contributed by atoms with van der Waals surface area (Å²) in [6, 6.07) is 5.50. The summed E-state index contributed by atoms with van der Waals surface area (Å²) in [5.74, 6) is -2.89. The first-order valence-corrected chi connectivity index (χ1v) is 11.9. The number of alkyl halides is 3. The standard InChI is InChI=1S/C23H31F3N6O5/c1-15(9-20(33)32-7-5-31(6-8-32)19-4-3-16(10-27)11-28-19)36-14-17(13-35-2)37-18-12-29-30-22(34)21(18)23(24,25)26/h3-4,11,15,17-18,21,29H,5-9,12-14H2,1-2H3,(H,30,34)/t15-,17-,18?,21?/m0/s1. The Balaban J connectivity index is 1.45. The van der Waals surface area contributed by atoms with Gasteiger partial charge in [0.1, 0.15) is 18.0 Å². The predicted molar refractivity (Wildman–Crippen MR) is 124 cm³/mol. The van der Waals surface area contributed by atoms with Crippen molar-refractivity contribution in [2.45, 2.75) is 37.8 Å². The molecule has 3 heterocycles. The van der Waals surface area contributed by atoms with E-state index in [0.29, 0.717) is 31.7 Å². The van der Waals surface area contributed by atoms with Crippen LogP contribution in [-0.2, 0) is 23.8 Å². The normalized spacial score (nSPS) is 22.2. The second-order valence-corrected chi connectivity index (χ2v) is 8.87. The van der Waals surface area contributed by atoms with Crippen LogP contribution in [0.5, 0.6) is 0 Å². The van der Waals surface area contributed by atoms with Crippen molar-refractivity contribution in [3.05, 3.63) is 23.9 Å². The topological polar surface area (TPSA) is 129 Å². The highest BCUT2D eigenvalue weighted by Crippen LogP contribution is 2.32. The first-order chi connectivity index (χ1) is 17.6. The van der Waals surface area contributed by atoms with Gasteiger partial charge >= 0.3 is 6.18 Å². The van der Waals surface area contributed by atoms with Crippen molar-refractivity contribution < 1.29 is 37.0 Å². The Morgan fingerprint density at radius 1 is 1.27 bits per heavy atom. The molecule has 14 heteroatoms. The molecule has 37 heavy (non-hydrogen) atoms. The fourth-order valence-electron chi connectivity index (χ4n) is 4.18. The number of carbonyl (C=O) groups excluding carboxylic acids is 2. The lowest BCUT2D eigenvalue weighted by Crippen LogP contribution is -2.61. The van der Waals surface area contributed by atoms with Gasteiger partial charge in [0.05, 0.1) is 37.4 Å². The van der Waals surface area contributed by atoms with Gasteiger partial charge in [0.15, 0.2) is 5.92 Å². The maximum atomic E-state index is 13.4. The van der Waals surface area contributed by atoms with E-state index in [2.05, 4.69) is 10.4 Å². The average molecular weight is 529 g/mol. The minimum Gasteiger partial charge on any atom is -0.382 e. The number of nitrogens with one attached hydrogen (secondary N) is 2. The number of nitriles is 1. The monoisotopic (exact) mass is 528 g/mol. The molecule has 3 rings (SSSR count). The molecule has 2 aliphatic rings. The molecular formula is C23H31F3N6O5. The fraction of sp³-hybridized carbons (Fsp3) is 0.652. The Labute approximate surface area is 212 Å². The second-order valence-electron chi connectivity index (χ2n) is 8.87. The quantitative estimate of drug-likeness (QED) is 0.449. The SMILES string of the molecule is COC[C@@H](CO[C@@H](C)CC(=O)N1CCN(c2ccc(C#N)cn2)CC1)OC1CNNC(=O)C1C(F)(F)F. The molecule has 2 aliphatic heterocycles. The van der Waals surface area contributed by atoms with Crippen molar-refractivity contribution in [2.24, 2.45) is 5.92 Å². The molecule has 2 saturated heterocycles.